The summed E-state index contributed by atoms with van der Waals surface area (Å²) in [5.74, 6) is -4.08. The number of rotatable bonds is 14. The highest BCUT2D eigenvalue weighted by molar-refractivity contribution is 7.80. The lowest BCUT2D eigenvalue weighted by Crippen LogP contribution is -2.58. The van der Waals surface area contributed by atoms with Crippen molar-refractivity contribution < 1.29 is 29.1 Å². The summed E-state index contributed by atoms with van der Waals surface area (Å²) in [6.07, 6.45) is 0.168. The molecule has 4 atom stereocenters. The normalized spacial score (nSPS) is 14.9. The van der Waals surface area contributed by atoms with Gasteiger partial charge in [0.15, 0.2) is 0 Å². The quantitative estimate of drug-likeness (QED) is 0.136. The van der Waals surface area contributed by atoms with Gasteiger partial charge in [-0.25, -0.2) is 4.79 Å². The monoisotopic (exact) mass is 465 g/mol. The molecule has 0 aromatic heterocycles. The van der Waals surface area contributed by atoms with E-state index in [1.165, 1.54) is 0 Å². The second-order valence-corrected chi connectivity index (χ2v) is 7.86. The summed E-state index contributed by atoms with van der Waals surface area (Å²) in [7, 11) is 0. The molecule has 30 heavy (non-hydrogen) atoms. The van der Waals surface area contributed by atoms with Gasteiger partial charge in [-0.15, -0.1) is 0 Å². The predicted octanol–water partition coefficient (Wildman–Crippen LogP) is -1.98. The predicted molar refractivity (Wildman–Crippen MR) is 117 cm³/mol. The molecule has 0 saturated carbocycles. The Morgan fingerprint density at radius 1 is 0.867 bits per heavy atom. The van der Waals surface area contributed by atoms with E-state index >= 15 is 0 Å². The minimum absolute atomic E-state index is 0.00611. The number of primary amides is 1. The number of aliphatic carboxylic acids is 1. The number of hydrogen-bond acceptors (Lipinski definition) is 8. The average Bonchev–Trinajstić information content (AvgIpc) is 2.66. The van der Waals surface area contributed by atoms with Crippen LogP contribution in [-0.4, -0.2) is 70.4 Å². The topological polar surface area (TPSA) is 194 Å². The van der Waals surface area contributed by atoms with Crippen LogP contribution in [0.25, 0.3) is 0 Å². The van der Waals surface area contributed by atoms with Gasteiger partial charge in [0.1, 0.15) is 18.1 Å². The number of nitrogens with two attached hydrogens (primary N) is 2. The largest absolute Gasteiger partial charge is 0.480 e. The van der Waals surface area contributed by atoms with Gasteiger partial charge >= 0.3 is 5.97 Å². The highest BCUT2D eigenvalue weighted by Gasteiger charge is 2.30. The van der Waals surface area contributed by atoms with Crippen molar-refractivity contribution in [3.05, 3.63) is 0 Å². The molecule has 0 aromatic rings. The Labute approximate surface area is 186 Å². The van der Waals surface area contributed by atoms with Crippen LogP contribution in [0.3, 0.4) is 0 Å². The van der Waals surface area contributed by atoms with E-state index in [0.717, 1.165) is 0 Å². The van der Waals surface area contributed by atoms with Crippen LogP contribution in [0, 0.1) is 5.92 Å². The van der Waals surface area contributed by atoms with Gasteiger partial charge in [-0.3, -0.25) is 19.2 Å². The summed E-state index contributed by atoms with van der Waals surface area (Å²) in [5, 5.41) is 16.3. The van der Waals surface area contributed by atoms with Crippen molar-refractivity contribution in [1.82, 2.24) is 16.0 Å². The third-order valence-electron chi connectivity index (χ3n) is 3.99. The zero-order valence-electron chi connectivity index (χ0n) is 17.0. The molecule has 0 heterocycles. The Hall–Kier alpha value is -1.99. The molecule has 0 bridgehead atoms. The van der Waals surface area contributed by atoms with Gasteiger partial charge in [0.25, 0.3) is 0 Å². The lowest BCUT2D eigenvalue weighted by Gasteiger charge is -2.25. The van der Waals surface area contributed by atoms with Gasteiger partial charge in [-0.2, -0.15) is 25.3 Å². The molecule has 0 radical (unpaired) electrons. The average molecular weight is 466 g/mol. The molecule has 8 N–H and O–H groups in total. The SMILES string of the molecule is CC(C)CC(NC(=O)C(CS)NC(=O)C(N)CCC(N)=O)C(=O)NC(CS)C(=O)O. The van der Waals surface area contributed by atoms with Crippen molar-refractivity contribution in [3.63, 3.8) is 0 Å². The Bertz CT molecular complexity index is 634. The molecule has 0 aliphatic rings. The fourth-order valence-corrected chi connectivity index (χ4v) is 2.84. The molecular weight excluding hydrogens is 434 g/mol. The molecule has 0 rings (SSSR count). The van der Waals surface area contributed by atoms with Gasteiger partial charge in [-0.05, 0) is 18.8 Å². The van der Waals surface area contributed by atoms with Crippen molar-refractivity contribution in [2.45, 2.75) is 57.3 Å². The molecule has 4 amide bonds. The van der Waals surface area contributed by atoms with Crippen LogP contribution in [0.5, 0.6) is 0 Å². The van der Waals surface area contributed by atoms with Crippen LogP contribution in [0.2, 0.25) is 0 Å². The molecule has 0 saturated heterocycles. The number of carboxylic acid groups (broad SMARTS) is 1. The van der Waals surface area contributed by atoms with E-state index in [9.17, 15) is 24.0 Å². The lowest BCUT2D eigenvalue weighted by molar-refractivity contribution is -0.141. The maximum atomic E-state index is 12.6. The summed E-state index contributed by atoms with van der Waals surface area (Å²) >= 11 is 7.94. The molecule has 11 nitrogen and oxygen atoms in total. The van der Waals surface area contributed by atoms with E-state index in [0.29, 0.717) is 0 Å². The Morgan fingerprint density at radius 3 is 1.77 bits per heavy atom. The zero-order valence-corrected chi connectivity index (χ0v) is 18.7. The summed E-state index contributed by atoms with van der Waals surface area (Å²) in [6, 6.07) is -4.38. The molecule has 172 valence electrons. The van der Waals surface area contributed by atoms with Crippen molar-refractivity contribution >= 4 is 54.9 Å². The highest BCUT2D eigenvalue weighted by Crippen LogP contribution is 2.07. The van der Waals surface area contributed by atoms with Crippen LogP contribution in [0.15, 0.2) is 0 Å². The molecule has 0 aliphatic carbocycles. The van der Waals surface area contributed by atoms with Crippen molar-refractivity contribution in [1.29, 1.82) is 0 Å². The lowest BCUT2D eigenvalue weighted by atomic mass is 10.0. The van der Waals surface area contributed by atoms with E-state index in [1.807, 2.05) is 13.8 Å². The molecule has 13 heteroatoms. The van der Waals surface area contributed by atoms with Crippen molar-refractivity contribution in [3.8, 4) is 0 Å². The van der Waals surface area contributed by atoms with Gasteiger partial charge in [0, 0.05) is 17.9 Å². The Kier molecular flexibility index (Phi) is 13.2. The van der Waals surface area contributed by atoms with E-state index in [1.54, 1.807) is 0 Å². The highest BCUT2D eigenvalue weighted by atomic mass is 32.1. The standard InChI is InChI=1S/C17H31N5O6S2/c1-8(2)5-10(15(25)22-12(7-30)17(27)28)20-16(26)11(6-29)21-14(24)9(18)3-4-13(19)23/h8-12,29-30H,3-7,18H2,1-2H3,(H2,19,23)(H,20,26)(H,21,24)(H,22,25)(H,27,28). The van der Waals surface area contributed by atoms with Crippen LogP contribution >= 0.6 is 25.3 Å². The van der Waals surface area contributed by atoms with Crippen LogP contribution in [0.1, 0.15) is 33.1 Å². The number of hydrogen-bond donors (Lipinski definition) is 8. The number of amides is 4. The smallest absolute Gasteiger partial charge is 0.327 e. The molecule has 0 spiro atoms. The zero-order chi connectivity index (χ0) is 23.4. The maximum absolute atomic E-state index is 12.6. The van der Waals surface area contributed by atoms with Crippen LogP contribution < -0.4 is 27.4 Å². The minimum Gasteiger partial charge on any atom is -0.480 e. The summed E-state index contributed by atoms with van der Waals surface area (Å²) in [6.45, 7) is 3.66. The number of carboxylic acids is 1. The number of nitrogens with one attached hydrogen (secondary N) is 3. The number of carbonyl (C=O) groups is 5. The molecule has 0 aliphatic heterocycles. The summed E-state index contributed by atoms with van der Waals surface area (Å²) in [4.78, 5) is 59.1. The maximum Gasteiger partial charge on any atom is 0.327 e. The van der Waals surface area contributed by atoms with E-state index in [2.05, 4.69) is 41.2 Å². The first-order valence-corrected chi connectivity index (χ1v) is 10.6. The number of carbonyl (C=O) groups excluding carboxylic acids is 4. The van der Waals surface area contributed by atoms with Gasteiger partial charge in [0.05, 0.1) is 6.04 Å². The summed E-state index contributed by atoms with van der Waals surface area (Å²) in [5.41, 5.74) is 10.7. The third-order valence-corrected chi connectivity index (χ3v) is 4.72. The fourth-order valence-electron chi connectivity index (χ4n) is 2.33. The molecular formula is C17H31N5O6S2. The first kappa shape index (κ1) is 28.0. The van der Waals surface area contributed by atoms with Crippen molar-refractivity contribution in [2.75, 3.05) is 11.5 Å². The van der Waals surface area contributed by atoms with Gasteiger partial charge < -0.3 is 32.5 Å². The van der Waals surface area contributed by atoms with E-state index in [-0.39, 0.29) is 36.7 Å². The van der Waals surface area contributed by atoms with Crippen LogP contribution in [0.4, 0.5) is 0 Å². The van der Waals surface area contributed by atoms with Gasteiger partial charge in [0.2, 0.25) is 23.6 Å². The first-order valence-electron chi connectivity index (χ1n) is 9.32. The molecule has 4 unspecified atom stereocenters. The molecule has 0 fully saturated rings. The fraction of sp³-hybridized carbons (Fsp3) is 0.706. The van der Waals surface area contributed by atoms with Crippen LogP contribution in [-0.2, 0) is 24.0 Å². The van der Waals surface area contributed by atoms with Gasteiger partial charge in [-0.1, -0.05) is 13.8 Å². The third kappa shape index (κ3) is 10.7. The second-order valence-electron chi connectivity index (χ2n) is 7.13. The van der Waals surface area contributed by atoms with Crippen molar-refractivity contribution in [2.24, 2.45) is 17.4 Å². The Balaban J connectivity index is 5.12. The summed E-state index contributed by atoms with van der Waals surface area (Å²) < 4.78 is 0. The molecule has 0 aromatic carbocycles. The minimum atomic E-state index is -1.25. The van der Waals surface area contributed by atoms with E-state index < -0.39 is 53.8 Å². The number of thiol groups is 2. The first-order chi connectivity index (χ1) is 13.9. The second kappa shape index (κ2) is 14.1. The van der Waals surface area contributed by atoms with E-state index in [4.69, 9.17) is 16.6 Å². The Morgan fingerprint density at radius 2 is 1.33 bits per heavy atom.